The number of rotatable bonds is 6. The van der Waals surface area contributed by atoms with Gasteiger partial charge >= 0.3 is 0 Å². The van der Waals surface area contributed by atoms with Gasteiger partial charge in [0.15, 0.2) is 16.6 Å². The Kier molecular flexibility index (Phi) is 6.66. The number of benzene rings is 3. The highest BCUT2D eigenvalue weighted by molar-refractivity contribution is 7.80. The van der Waals surface area contributed by atoms with E-state index in [1.807, 2.05) is 18.2 Å². The molecular weight excluding hydrogens is 508 g/mol. The van der Waals surface area contributed by atoms with Gasteiger partial charge in [-0.25, -0.2) is 0 Å². The summed E-state index contributed by atoms with van der Waals surface area (Å²) in [5.74, 6) is -0.696. The fraction of sp³-hybridized carbons (Fsp3) is 0. The maximum Gasteiger partial charge on any atom is 0.293 e. The van der Waals surface area contributed by atoms with Crippen molar-refractivity contribution in [3.63, 3.8) is 0 Å². The van der Waals surface area contributed by atoms with Gasteiger partial charge in [0.25, 0.3) is 17.5 Å². The Bertz CT molecular complexity index is 1660. The summed E-state index contributed by atoms with van der Waals surface area (Å²) in [5.41, 5.74) is 1.85. The topological polar surface area (TPSA) is 140 Å². The van der Waals surface area contributed by atoms with E-state index in [0.717, 1.165) is 5.39 Å². The molecule has 0 fully saturated rings. The van der Waals surface area contributed by atoms with E-state index in [1.165, 1.54) is 24.3 Å². The fourth-order valence-electron chi connectivity index (χ4n) is 3.70. The molecule has 188 valence electrons. The minimum absolute atomic E-state index is 0.0118. The van der Waals surface area contributed by atoms with Gasteiger partial charge in [-0.15, -0.1) is 0 Å². The van der Waals surface area contributed by atoms with Crippen LogP contribution in [-0.4, -0.2) is 21.9 Å². The number of nitro benzene ring substituents is 1. The van der Waals surface area contributed by atoms with Crippen LogP contribution < -0.4 is 16.0 Å². The first-order valence-electron chi connectivity index (χ1n) is 11.2. The molecule has 11 heteroatoms. The smallest absolute Gasteiger partial charge is 0.293 e. The molecule has 0 unspecified atom stereocenters. The van der Waals surface area contributed by atoms with Gasteiger partial charge in [-0.1, -0.05) is 30.3 Å². The number of carbonyl (C=O) groups is 2. The first kappa shape index (κ1) is 24.4. The number of carbonyl (C=O) groups excluding carboxylic acids is 2. The number of hydrogen-bond acceptors (Lipinski definition) is 7. The summed E-state index contributed by atoms with van der Waals surface area (Å²) in [7, 11) is 0. The van der Waals surface area contributed by atoms with Crippen molar-refractivity contribution in [1.29, 1.82) is 0 Å². The lowest BCUT2D eigenvalue weighted by Crippen LogP contribution is -2.33. The Morgan fingerprint density at radius 1 is 0.763 bits per heavy atom. The maximum atomic E-state index is 12.6. The molecule has 3 aromatic carbocycles. The minimum atomic E-state index is -0.623. The van der Waals surface area contributed by atoms with Gasteiger partial charge in [-0.2, -0.15) is 0 Å². The first-order valence-corrected chi connectivity index (χ1v) is 11.6. The van der Waals surface area contributed by atoms with E-state index in [2.05, 4.69) is 16.0 Å². The van der Waals surface area contributed by atoms with Crippen molar-refractivity contribution < 1.29 is 23.3 Å². The summed E-state index contributed by atoms with van der Waals surface area (Å²) >= 11 is 5.21. The molecule has 0 aliphatic carbocycles. The number of hydrogen-bond donors (Lipinski definition) is 3. The number of amides is 2. The second-order valence-electron chi connectivity index (χ2n) is 8.03. The summed E-state index contributed by atoms with van der Waals surface area (Å²) in [4.78, 5) is 35.8. The van der Waals surface area contributed by atoms with Crippen LogP contribution in [0.4, 0.5) is 17.1 Å². The zero-order chi connectivity index (χ0) is 26.6. The quantitative estimate of drug-likeness (QED) is 0.139. The van der Waals surface area contributed by atoms with Crippen molar-refractivity contribution in [3.05, 3.63) is 113 Å². The number of para-hydroxylation sites is 2. The minimum Gasteiger partial charge on any atom is -0.451 e. The van der Waals surface area contributed by atoms with Gasteiger partial charge in [0.2, 0.25) is 0 Å². The lowest BCUT2D eigenvalue weighted by Gasteiger charge is -2.10. The van der Waals surface area contributed by atoms with Crippen LogP contribution in [0.2, 0.25) is 0 Å². The number of fused-ring (bicyclic) bond motifs is 1. The zero-order valence-corrected chi connectivity index (χ0v) is 20.3. The number of nitrogens with one attached hydrogen (secondary N) is 3. The number of furan rings is 2. The second-order valence-corrected chi connectivity index (χ2v) is 8.43. The van der Waals surface area contributed by atoms with Gasteiger partial charge < -0.3 is 19.5 Å². The molecule has 0 bridgehead atoms. The van der Waals surface area contributed by atoms with Crippen LogP contribution in [0.25, 0.3) is 22.3 Å². The molecular formula is C27H18N4O6S. The summed E-state index contributed by atoms with van der Waals surface area (Å²) < 4.78 is 11.1. The van der Waals surface area contributed by atoms with Crippen molar-refractivity contribution in [2.75, 3.05) is 10.6 Å². The highest BCUT2D eigenvalue weighted by Gasteiger charge is 2.20. The number of anilines is 2. The Balaban J connectivity index is 1.18. The molecule has 5 rings (SSSR count). The number of nitro groups is 1. The molecule has 0 radical (unpaired) electrons. The molecule has 10 nitrogen and oxygen atoms in total. The normalized spacial score (nSPS) is 10.6. The largest absolute Gasteiger partial charge is 0.451 e. The molecule has 0 aliphatic heterocycles. The number of thiocarbonyl (C=S) groups is 1. The van der Waals surface area contributed by atoms with E-state index >= 15 is 0 Å². The predicted octanol–water partition coefficient (Wildman–Crippen LogP) is 5.98. The van der Waals surface area contributed by atoms with E-state index in [-0.39, 0.29) is 39.6 Å². The van der Waals surface area contributed by atoms with Crippen LogP contribution in [0, 0.1) is 10.1 Å². The average Bonchev–Trinajstić information content (AvgIpc) is 3.58. The van der Waals surface area contributed by atoms with Crippen LogP contribution in [-0.2, 0) is 0 Å². The van der Waals surface area contributed by atoms with Gasteiger partial charge in [0.1, 0.15) is 11.3 Å². The molecule has 2 heterocycles. The van der Waals surface area contributed by atoms with E-state index in [4.69, 9.17) is 21.1 Å². The van der Waals surface area contributed by atoms with Crippen molar-refractivity contribution in [3.8, 4) is 11.3 Å². The number of nitrogens with zero attached hydrogens (tertiary/aromatic N) is 1. The Morgan fingerprint density at radius 3 is 2.18 bits per heavy atom. The first-order chi connectivity index (χ1) is 18.4. The molecule has 2 amide bonds. The van der Waals surface area contributed by atoms with Crippen molar-refractivity contribution >= 4 is 57.2 Å². The van der Waals surface area contributed by atoms with Crippen molar-refractivity contribution in [2.24, 2.45) is 0 Å². The highest BCUT2D eigenvalue weighted by atomic mass is 32.1. The third-order valence-electron chi connectivity index (χ3n) is 5.47. The van der Waals surface area contributed by atoms with E-state index in [0.29, 0.717) is 17.0 Å². The third kappa shape index (κ3) is 5.27. The molecule has 2 aromatic heterocycles. The molecule has 0 aliphatic rings. The third-order valence-corrected chi connectivity index (χ3v) is 5.68. The van der Waals surface area contributed by atoms with E-state index in [1.54, 1.807) is 48.5 Å². The van der Waals surface area contributed by atoms with Crippen LogP contribution >= 0.6 is 12.2 Å². The lowest BCUT2D eigenvalue weighted by atomic mass is 10.1. The SMILES string of the molecule is O=C(NC(=S)Nc1ccc(NC(=O)c2cc3ccccc3o2)cc1)c1ccc(-c2ccccc2[N+](=O)[O-])o1. The van der Waals surface area contributed by atoms with Crippen LogP contribution in [0.3, 0.4) is 0 Å². The second kappa shape index (κ2) is 10.4. The van der Waals surface area contributed by atoms with Gasteiger partial charge in [0.05, 0.1) is 10.5 Å². The van der Waals surface area contributed by atoms with Crippen LogP contribution in [0.1, 0.15) is 21.1 Å². The Morgan fingerprint density at radius 2 is 1.45 bits per heavy atom. The van der Waals surface area contributed by atoms with E-state index in [9.17, 15) is 19.7 Å². The highest BCUT2D eigenvalue weighted by Crippen LogP contribution is 2.30. The Hall–Kier alpha value is -5.29. The zero-order valence-electron chi connectivity index (χ0n) is 19.5. The summed E-state index contributed by atoms with van der Waals surface area (Å²) in [5, 5.41) is 20.2. The van der Waals surface area contributed by atoms with E-state index < -0.39 is 10.8 Å². The summed E-state index contributed by atoms with van der Waals surface area (Å²) in [6.07, 6.45) is 0. The average molecular weight is 527 g/mol. The van der Waals surface area contributed by atoms with Gasteiger partial charge in [0, 0.05) is 22.8 Å². The van der Waals surface area contributed by atoms with Crippen molar-refractivity contribution in [2.45, 2.75) is 0 Å². The van der Waals surface area contributed by atoms with Gasteiger partial charge in [-0.3, -0.25) is 25.0 Å². The summed E-state index contributed by atoms with van der Waals surface area (Å²) in [6, 6.07) is 24.6. The Labute approximate surface area is 220 Å². The van der Waals surface area contributed by atoms with Gasteiger partial charge in [-0.05, 0) is 66.8 Å². The molecule has 38 heavy (non-hydrogen) atoms. The molecule has 0 saturated carbocycles. The molecule has 0 spiro atoms. The predicted molar refractivity (Wildman–Crippen MR) is 145 cm³/mol. The monoisotopic (exact) mass is 526 g/mol. The van der Waals surface area contributed by atoms with Crippen LogP contribution in [0.5, 0.6) is 0 Å². The molecule has 0 atom stereocenters. The fourth-order valence-corrected chi connectivity index (χ4v) is 3.91. The van der Waals surface area contributed by atoms with Crippen molar-refractivity contribution in [1.82, 2.24) is 5.32 Å². The molecule has 3 N–H and O–H groups in total. The lowest BCUT2D eigenvalue weighted by molar-refractivity contribution is -0.384. The molecule has 5 aromatic rings. The maximum absolute atomic E-state index is 12.6. The molecule has 0 saturated heterocycles. The summed E-state index contributed by atoms with van der Waals surface area (Å²) in [6.45, 7) is 0. The standard InChI is InChI=1S/C27H18N4O6S/c32-25(23-14-13-22(37-23)19-6-2-3-7-20(19)31(34)35)30-27(38)29-18-11-9-17(10-12-18)28-26(33)24-15-16-5-1-4-8-21(16)36-24/h1-15H,(H,28,33)(H2,29,30,32,38). The van der Waals surface area contributed by atoms with Crippen LogP contribution in [0.15, 0.2) is 99.8 Å².